The second-order valence-corrected chi connectivity index (χ2v) is 11.0. The van der Waals surface area contributed by atoms with Crippen molar-refractivity contribution in [2.24, 2.45) is 0 Å². The third kappa shape index (κ3) is 5.60. The molecule has 1 N–H and O–H groups in total. The van der Waals surface area contributed by atoms with Crippen molar-refractivity contribution in [2.75, 3.05) is 4.90 Å². The summed E-state index contributed by atoms with van der Waals surface area (Å²) < 4.78 is 48.6. The largest absolute Gasteiger partial charge is 0.457 e. The summed E-state index contributed by atoms with van der Waals surface area (Å²) in [5.41, 5.74) is 5.12. The van der Waals surface area contributed by atoms with Crippen molar-refractivity contribution in [1.82, 2.24) is 14.9 Å². The number of anilines is 1. The van der Waals surface area contributed by atoms with Gasteiger partial charge in [-0.05, 0) is 111 Å². The highest BCUT2D eigenvalue weighted by Crippen LogP contribution is 2.44. The first-order valence-electron chi connectivity index (χ1n) is 13.8. The topological polar surface area (TPSA) is 42.3 Å². The lowest BCUT2D eigenvalue weighted by Gasteiger charge is -2.28. The van der Waals surface area contributed by atoms with Crippen LogP contribution in [0.15, 0.2) is 103 Å². The van der Waals surface area contributed by atoms with Crippen molar-refractivity contribution in [3.63, 3.8) is 0 Å². The number of aryl methyl sites for hydroxylation is 2. The summed E-state index contributed by atoms with van der Waals surface area (Å²) in [4.78, 5) is 6.67. The van der Waals surface area contributed by atoms with Gasteiger partial charge in [0.25, 0.3) is 0 Å². The predicted octanol–water partition coefficient (Wildman–Crippen LogP) is 8.79. The number of pyridine rings is 1. The molecule has 0 spiro atoms. The fraction of sp³-hybridized carbons (Fsp3) is 0.176. The molecule has 1 fully saturated rings. The van der Waals surface area contributed by atoms with E-state index in [0.717, 1.165) is 45.7 Å². The molecule has 1 aliphatic heterocycles. The molecule has 5 aromatic rings. The highest BCUT2D eigenvalue weighted by molar-refractivity contribution is 7.80. The molecule has 2 aromatic heterocycles. The Bertz CT molecular complexity index is 1770. The van der Waals surface area contributed by atoms with Gasteiger partial charge >= 0.3 is 6.18 Å². The molecule has 0 radical (unpaired) electrons. The minimum atomic E-state index is -4.44. The molecule has 0 aliphatic carbocycles. The summed E-state index contributed by atoms with van der Waals surface area (Å²) in [5, 5.41) is 3.98. The van der Waals surface area contributed by atoms with Crippen LogP contribution in [0.5, 0.6) is 11.5 Å². The smallest absolute Gasteiger partial charge is 0.416 e. The Morgan fingerprint density at radius 1 is 0.814 bits per heavy atom. The maximum absolute atomic E-state index is 13.6. The van der Waals surface area contributed by atoms with Crippen molar-refractivity contribution in [3.8, 4) is 17.2 Å². The van der Waals surface area contributed by atoms with E-state index in [1.807, 2.05) is 103 Å². The Balaban J connectivity index is 1.41. The number of ether oxygens (including phenoxy) is 1. The molecule has 0 saturated carbocycles. The maximum atomic E-state index is 13.6. The lowest BCUT2D eigenvalue weighted by atomic mass is 9.96. The van der Waals surface area contributed by atoms with E-state index in [4.69, 9.17) is 17.0 Å². The van der Waals surface area contributed by atoms with Gasteiger partial charge in [-0.2, -0.15) is 13.2 Å². The van der Waals surface area contributed by atoms with Crippen molar-refractivity contribution < 1.29 is 17.9 Å². The molecule has 5 nitrogen and oxygen atoms in total. The summed E-state index contributed by atoms with van der Waals surface area (Å²) in [6.45, 7) is 5.85. The third-order valence-electron chi connectivity index (χ3n) is 7.69. The van der Waals surface area contributed by atoms with Gasteiger partial charge in [0.1, 0.15) is 11.5 Å². The molecule has 0 unspecified atom stereocenters. The van der Waals surface area contributed by atoms with E-state index in [0.29, 0.717) is 16.5 Å². The van der Waals surface area contributed by atoms with E-state index in [9.17, 15) is 13.2 Å². The standard InChI is InChI=1S/C34H29F3N4OS/c1-21-10-14-27(15-11-21)42-28-16-12-25(13-17-28)41-32(31(39-33(41)43)30-9-4-5-18-38-30)29-19-22(2)40(23(29)3)26-8-6-7-24(20-26)34(35,36)37/h4-20,31-32H,1-3H3,(H,39,43)/t31-,32-/m1/s1. The number of hydrogen-bond acceptors (Lipinski definition) is 3. The Morgan fingerprint density at radius 3 is 2.16 bits per heavy atom. The number of nitrogens with zero attached hydrogens (tertiary/aromatic N) is 3. The zero-order valence-electron chi connectivity index (χ0n) is 23.8. The second-order valence-electron chi connectivity index (χ2n) is 10.6. The van der Waals surface area contributed by atoms with E-state index in [2.05, 4.69) is 10.3 Å². The van der Waals surface area contributed by atoms with Crippen LogP contribution in [0, 0.1) is 20.8 Å². The number of thiocarbonyl (C=S) groups is 1. The van der Waals surface area contributed by atoms with Gasteiger partial charge in [-0.3, -0.25) is 4.98 Å². The van der Waals surface area contributed by atoms with Crippen molar-refractivity contribution in [1.29, 1.82) is 0 Å². The Hall–Kier alpha value is -4.63. The minimum Gasteiger partial charge on any atom is -0.457 e. The molecule has 1 aliphatic rings. The molecule has 3 heterocycles. The second kappa shape index (κ2) is 11.2. The summed E-state index contributed by atoms with van der Waals surface area (Å²) in [6, 6.07) is 28.1. The Morgan fingerprint density at radius 2 is 1.51 bits per heavy atom. The molecule has 6 rings (SSSR count). The average Bonchev–Trinajstić information content (AvgIpc) is 3.49. The maximum Gasteiger partial charge on any atom is 0.416 e. The van der Waals surface area contributed by atoms with Gasteiger partial charge in [-0.15, -0.1) is 0 Å². The normalized spacial score (nSPS) is 16.8. The summed E-state index contributed by atoms with van der Waals surface area (Å²) in [6.07, 6.45) is -2.70. The number of alkyl halides is 3. The van der Waals surface area contributed by atoms with E-state index in [-0.39, 0.29) is 12.1 Å². The van der Waals surface area contributed by atoms with Crippen LogP contribution in [0.1, 0.15) is 45.9 Å². The monoisotopic (exact) mass is 598 g/mol. The van der Waals surface area contributed by atoms with Gasteiger partial charge in [-0.25, -0.2) is 0 Å². The first-order valence-corrected chi connectivity index (χ1v) is 14.2. The predicted molar refractivity (Wildman–Crippen MR) is 166 cm³/mol. The molecular weight excluding hydrogens is 569 g/mol. The molecule has 9 heteroatoms. The summed E-state index contributed by atoms with van der Waals surface area (Å²) in [7, 11) is 0. The van der Waals surface area contributed by atoms with Crippen molar-refractivity contribution in [3.05, 3.63) is 137 Å². The molecule has 3 aromatic carbocycles. The van der Waals surface area contributed by atoms with Gasteiger partial charge in [-0.1, -0.05) is 29.8 Å². The van der Waals surface area contributed by atoms with Crippen molar-refractivity contribution >= 4 is 23.0 Å². The number of nitrogens with one attached hydrogen (secondary N) is 1. The number of rotatable bonds is 6. The van der Waals surface area contributed by atoms with Crippen molar-refractivity contribution in [2.45, 2.75) is 39.0 Å². The minimum absolute atomic E-state index is 0.298. The number of aromatic nitrogens is 2. The summed E-state index contributed by atoms with van der Waals surface area (Å²) >= 11 is 5.88. The van der Waals surface area contributed by atoms with Crippen LogP contribution in [-0.4, -0.2) is 14.7 Å². The lowest BCUT2D eigenvalue weighted by Crippen LogP contribution is -2.29. The van der Waals surface area contributed by atoms with E-state index in [1.54, 1.807) is 12.3 Å². The summed E-state index contributed by atoms with van der Waals surface area (Å²) in [5.74, 6) is 1.43. The quantitative estimate of drug-likeness (QED) is 0.198. The average molecular weight is 599 g/mol. The zero-order chi connectivity index (χ0) is 30.3. The highest BCUT2D eigenvalue weighted by atomic mass is 32.1. The van der Waals surface area contributed by atoms with Crippen LogP contribution < -0.4 is 15.0 Å². The molecule has 2 atom stereocenters. The first kappa shape index (κ1) is 28.5. The zero-order valence-corrected chi connectivity index (χ0v) is 24.6. The van der Waals surface area contributed by atoms with Gasteiger partial charge in [0.05, 0.1) is 23.3 Å². The van der Waals surface area contributed by atoms with Crippen LogP contribution >= 0.6 is 12.2 Å². The molecular formula is C34H29F3N4OS. The number of benzene rings is 3. The van der Waals surface area contributed by atoms with E-state index < -0.39 is 11.7 Å². The van der Waals surface area contributed by atoms with Crippen LogP contribution in [-0.2, 0) is 6.18 Å². The SMILES string of the molecule is Cc1ccc(Oc2ccc(N3C(=S)N[C@H](c4ccccn4)[C@H]3c3cc(C)n(-c4cccc(C(F)(F)F)c4)c3C)cc2)cc1. The fourth-order valence-electron chi connectivity index (χ4n) is 5.67. The molecule has 1 saturated heterocycles. The van der Waals surface area contributed by atoms with E-state index in [1.165, 1.54) is 12.1 Å². The highest BCUT2D eigenvalue weighted by Gasteiger charge is 2.42. The number of halogens is 3. The van der Waals surface area contributed by atoms with Gasteiger partial charge < -0.3 is 19.5 Å². The van der Waals surface area contributed by atoms with Gasteiger partial charge in [0.15, 0.2) is 5.11 Å². The number of hydrogen-bond donors (Lipinski definition) is 1. The van der Waals surface area contributed by atoms with Crippen LogP contribution in [0.3, 0.4) is 0 Å². The van der Waals surface area contributed by atoms with Crippen LogP contribution in [0.25, 0.3) is 5.69 Å². The van der Waals surface area contributed by atoms with Gasteiger partial charge in [0, 0.05) is 29.0 Å². The van der Waals surface area contributed by atoms with Crippen LogP contribution in [0.2, 0.25) is 0 Å². The molecule has 218 valence electrons. The third-order valence-corrected chi connectivity index (χ3v) is 8.00. The molecule has 0 amide bonds. The first-order chi connectivity index (χ1) is 20.6. The Labute approximate surface area is 253 Å². The Kier molecular flexibility index (Phi) is 7.43. The molecule has 0 bridgehead atoms. The van der Waals surface area contributed by atoms with Crippen LogP contribution in [0.4, 0.5) is 18.9 Å². The molecule has 43 heavy (non-hydrogen) atoms. The van der Waals surface area contributed by atoms with Gasteiger partial charge in [0.2, 0.25) is 0 Å². The lowest BCUT2D eigenvalue weighted by molar-refractivity contribution is -0.137. The van der Waals surface area contributed by atoms with E-state index >= 15 is 0 Å². The fourth-order valence-corrected chi connectivity index (χ4v) is 6.02.